The van der Waals surface area contributed by atoms with Gasteiger partial charge in [0.2, 0.25) is 0 Å². The topological polar surface area (TPSA) is 142 Å². The molecule has 3 atom stereocenters. The lowest BCUT2D eigenvalue weighted by atomic mass is 10.1. The van der Waals surface area contributed by atoms with Crippen molar-refractivity contribution < 1.29 is 34.8 Å². The van der Waals surface area contributed by atoms with Crippen LogP contribution in [0.4, 0.5) is 0 Å². The first-order valence-corrected chi connectivity index (χ1v) is 11.3. The second-order valence-corrected chi connectivity index (χ2v) is 8.71. The van der Waals surface area contributed by atoms with E-state index in [1.54, 1.807) is 36.8 Å². The van der Waals surface area contributed by atoms with Gasteiger partial charge in [0.25, 0.3) is 0 Å². The molecule has 1 aromatic heterocycles. The summed E-state index contributed by atoms with van der Waals surface area (Å²) in [4.78, 5) is 23.6. The standard InChI is InChI=1S/C18H14Cl4N2O.C4H6O6/c19-13-2-1-12(16(21)7-13)10-25-18(9-24-6-5-23-11-24)15-4-3-14(20)8-17(15)22;5-1(3(7)8)2(6)4(9)10/h1-8,11,18H,9-10H2;1-2,5-6H,(H,7,8)(H,9,10). The first kappa shape index (κ1) is 28.9. The number of ether oxygens (including phenoxy) is 1. The lowest BCUT2D eigenvalue weighted by molar-refractivity contribution is -0.165. The Morgan fingerprint density at radius 1 is 0.914 bits per heavy atom. The van der Waals surface area contributed by atoms with Gasteiger partial charge < -0.3 is 29.7 Å². The third-order valence-corrected chi connectivity index (χ3v) is 5.65. The van der Waals surface area contributed by atoms with Crippen LogP contribution in [-0.2, 0) is 27.5 Å². The minimum absolute atomic E-state index is 0.286. The molecular formula is C22H20Cl4N2O7. The van der Waals surface area contributed by atoms with Crippen LogP contribution in [0.5, 0.6) is 0 Å². The van der Waals surface area contributed by atoms with Gasteiger partial charge in [-0.05, 0) is 29.8 Å². The Labute approximate surface area is 220 Å². The number of halogens is 4. The predicted octanol–water partition coefficient (Wildman–Crippen LogP) is 4.33. The molecule has 13 heteroatoms. The van der Waals surface area contributed by atoms with Crippen molar-refractivity contribution in [1.29, 1.82) is 0 Å². The molecule has 188 valence electrons. The summed E-state index contributed by atoms with van der Waals surface area (Å²) in [6, 6.07) is 10.7. The number of imidazole rings is 1. The van der Waals surface area contributed by atoms with Gasteiger partial charge in [0.05, 0.1) is 19.5 Å². The number of hydrogen-bond acceptors (Lipinski definition) is 6. The van der Waals surface area contributed by atoms with Crippen molar-refractivity contribution in [1.82, 2.24) is 9.55 Å². The van der Waals surface area contributed by atoms with Gasteiger partial charge in [0.15, 0.2) is 12.2 Å². The zero-order valence-electron chi connectivity index (χ0n) is 17.8. The minimum Gasteiger partial charge on any atom is -0.479 e. The van der Waals surface area contributed by atoms with Gasteiger partial charge in [-0.1, -0.05) is 58.5 Å². The highest BCUT2D eigenvalue weighted by molar-refractivity contribution is 6.35. The zero-order chi connectivity index (χ0) is 26.1. The number of aliphatic hydroxyl groups is 2. The first-order valence-electron chi connectivity index (χ1n) is 9.77. The molecule has 0 radical (unpaired) electrons. The fraction of sp³-hybridized carbons (Fsp3) is 0.227. The Bertz CT molecular complexity index is 1130. The largest absolute Gasteiger partial charge is 0.479 e. The SMILES string of the molecule is Clc1ccc(COC(Cn2ccnc2)c2ccc(Cl)cc2Cl)c(Cl)c1.O=C(O)C(O)C(O)C(=O)O. The number of aliphatic hydroxyl groups excluding tert-OH is 2. The second kappa shape index (κ2) is 13.6. The predicted molar refractivity (Wildman–Crippen MR) is 130 cm³/mol. The van der Waals surface area contributed by atoms with E-state index in [0.717, 1.165) is 11.1 Å². The number of hydrogen-bond donors (Lipinski definition) is 4. The molecular weight excluding hydrogens is 546 g/mol. The molecule has 0 spiro atoms. The van der Waals surface area contributed by atoms with Gasteiger partial charge in [-0.15, -0.1) is 0 Å². The molecule has 0 amide bonds. The highest BCUT2D eigenvalue weighted by Crippen LogP contribution is 2.31. The Hall–Kier alpha value is -2.37. The van der Waals surface area contributed by atoms with E-state index in [2.05, 4.69) is 4.98 Å². The van der Waals surface area contributed by atoms with Crippen LogP contribution in [0.15, 0.2) is 55.1 Å². The second-order valence-electron chi connectivity index (χ2n) is 7.03. The highest BCUT2D eigenvalue weighted by atomic mass is 35.5. The molecule has 9 nitrogen and oxygen atoms in total. The molecule has 2 aromatic carbocycles. The summed E-state index contributed by atoms with van der Waals surface area (Å²) in [5, 5.41) is 34.8. The number of rotatable bonds is 9. The van der Waals surface area contributed by atoms with Crippen molar-refractivity contribution in [3.8, 4) is 0 Å². The van der Waals surface area contributed by atoms with Crippen LogP contribution in [0, 0.1) is 0 Å². The Kier molecular flexibility index (Phi) is 11.3. The van der Waals surface area contributed by atoms with Gasteiger partial charge >= 0.3 is 11.9 Å². The van der Waals surface area contributed by atoms with Crippen LogP contribution in [0.25, 0.3) is 0 Å². The first-order chi connectivity index (χ1) is 16.5. The van der Waals surface area contributed by atoms with E-state index in [1.807, 2.05) is 22.9 Å². The molecule has 0 saturated heterocycles. The maximum absolute atomic E-state index is 9.77. The molecule has 0 aliphatic rings. The van der Waals surface area contributed by atoms with Crippen molar-refractivity contribution in [2.45, 2.75) is 31.5 Å². The summed E-state index contributed by atoms with van der Waals surface area (Å²) in [6.45, 7) is 0.890. The third kappa shape index (κ3) is 8.97. The van der Waals surface area contributed by atoms with Gasteiger partial charge in [0.1, 0.15) is 6.10 Å². The van der Waals surface area contributed by atoms with Crippen LogP contribution < -0.4 is 0 Å². The fourth-order valence-corrected chi connectivity index (χ4v) is 3.68. The molecule has 0 aliphatic heterocycles. The smallest absolute Gasteiger partial charge is 0.335 e. The Balaban J connectivity index is 0.000000367. The minimum atomic E-state index is -2.27. The van der Waals surface area contributed by atoms with E-state index in [-0.39, 0.29) is 6.10 Å². The number of benzene rings is 2. The average molecular weight is 566 g/mol. The van der Waals surface area contributed by atoms with Crippen molar-refractivity contribution >= 4 is 58.3 Å². The van der Waals surface area contributed by atoms with Crippen LogP contribution >= 0.6 is 46.4 Å². The van der Waals surface area contributed by atoms with Gasteiger partial charge in [-0.2, -0.15) is 0 Å². The molecule has 3 rings (SSSR count). The molecule has 1 heterocycles. The van der Waals surface area contributed by atoms with E-state index in [0.29, 0.717) is 33.2 Å². The average Bonchev–Trinajstić information content (AvgIpc) is 3.30. The number of carboxylic acids is 2. The molecule has 3 aromatic rings. The van der Waals surface area contributed by atoms with Crippen molar-refractivity contribution in [2.24, 2.45) is 0 Å². The van der Waals surface area contributed by atoms with E-state index < -0.39 is 24.1 Å². The summed E-state index contributed by atoms with van der Waals surface area (Å²) < 4.78 is 8.05. The number of nitrogens with zero attached hydrogens (tertiary/aromatic N) is 2. The third-order valence-electron chi connectivity index (χ3n) is 4.51. The maximum Gasteiger partial charge on any atom is 0.335 e. The Morgan fingerprint density at radius 3 is 1.97 bits per heavy atom. The fourth-order valence-electron chi connectivity index (χ4n) is 2.69. The van der Waals surface area contributed by atoms with E-state index in [1.165, 1.54) is 0 Å². The van der Waals surface area contributed by atoms with Gasteiger partial charge in [-0.25, -0.2) is 14.6 Å². The summed E-state index contributed by atoms with van der Waals surface area (Å²) in [5.41, 5.74) is 1.71. The Morgan fingerprint density at radius 2 is 1.49 bits per heavy atom. The zero-order valence-corrected chi connectivity index (χ0v) is 20.8. The lowest BCUT2D eigenvalue weighted by Crippen LogP contribution is -2.39. The molecule has 0 aliphatic carbocycles. The number of aliphatic carboxylic acids is 2. The number of carbonyl (C=O) groups is 2. The maximum atomic E-state index is 9.77. The lowest BCUT2D eigenvalue weighted by Gasteiger charge is -2.21. The van der Waals surface area contributed by atoms with Crippen LogP contribution in [0.2, 0.25) is 20.1 Å². The van der Waals surface area contributed by atoms with Crippen molar-refractivity contribution in [3.05, 3.63) is 86.3 Å². The van der Waals surface area contributed by atoms with E-state index >= 15 is 0 Å². The summed E-state index contributed by atoms with van der Waals surface area (Å²) in [7, 11) is 0. The molecule has 0 bridgehead atoms. The van der Waals surface area contributed by atoms with Crippen molar-refractivity contribution in [2.75, 3.05) is 0 Å². The molecule has 35 heavy (non-hydrogen) atoms. The van der Waals surface area contributed by atoms with Gasteiger partial charge in [-0.3, -0.25) is 0 Å². The molecule has 0 fully saturated rings. The summed E-state index contributed by atoms with van der Waals surface area (Å²) in [6.07, 6.45) is 0.502. The van der Waals surface area contributed by atoms with E-state index in [9.17, 15) is 9.59 Å². The summed E-state index contributed by atoms with van der Waals surface area (Å²) in [5.74, 6) is -3.54. The van der Waals surface area contributed by atoms with E-state index in [4.69, 9.17) is 71.6 Å². The van der Waals surface area contributed by atoms with Gasteiger partial charge in [0, 0.05) is 38.0 Å². The molecule has 4 N–H and O–H groups in total. The van der Waals surface area contributed by atoms with Crippen LogP contribution in [-0.4, -0.2) is 54.1 Å². The monoisotopic (exact) mass is 564 g/mol. The normalized spacial score (nSPS) is 13.3. The highest BCUT2D eigenvalue weighted by Gasteiger charge is 2.29. The quantitative estimate of drug-likeness (QED) is 0.300. The van der Waals surface area contributed by atoms with Crippen LogP contribution in [0.3, 0.4) is 0 Å². The summed E-state index contributed by atoms with van der Waals surface area (Å²) >= 11 is 24.5. The number of aromatic nitrogens is 2. The number of carboxylic acid groups (broad SMARTS) is 2. The molecule has 3 unspecified atom stereocenters. The van der Waals surface area contributed by atoms with Crippen LogP contribution in [0.1, 0.15) is 17.2 Å². The molecule has 0 saturated carbocycles. The van der Waals surface area contributed by atoms with Crippen molar-refractivity contribution in [3.63, 3.8) is 0 Å².